The van der Waals surface area contributed by atoms with Gasteiger partial charge in [0, 0.05) is 27.1 Å². The molecule has 0 bridgehead atoms. The molecule has 5 heteroatoms. The smallest absolute Gasteiger partial charge is 0.225 e. The molecular weight excluding hydrogens is 280 g/mol. The van der Waals surface area contributed by atoms with Crippen LogP contribution in [0.25, 0.3) is 0 Å². The third-order valence-electron chi connectivity index (χ3n) is 4.22. The average molecular weight is 304 g/mol. The van der Waals surface area contributed by atoms with E-state index < -0.39 is 0 Å². The molecule has 0 radical (unpaired) electrons. The van der Waals surface area contributed by atoms with Crippen LogP contribution in [0.1, 0.15) is 30.0 Å². The Morgan fingerprint density at radius 2 is 2.05 bits per heavy atom. The van der Waals surface area contributed by atoms with Crippen LogP contribution >= 0.6 is 0 Å². The molecule has 120 valence electrons. The van der Waals surface area contributed by atoms with Crippen LogP contribution in [0.3, 0.4) is 0 Å². The summed E-state index contributed by atoms with van der Waals surface area (Å²) in [6.45, 7) is 3.00. The van der Waals surface area contributed by atoms with E-state index in [-0.39, 0.29) is 23.8 Å². The molecule has 1 aliphatic heterocycles. The Morgan fingerprint density at radius 3 is 2.68 bits per heavy atom. The summed E-state index contributed by atoms with van der Waals surface area (Å²) in [4.78, 5) is 26.2. The molecule has 0 aromatic heterocycles. The zero-order valence-electron chi connectivity index (χ0n) is 13.5. The van der Waals surface area contributed by atoms with E-state index >= 15 is 0 Å². The summed E-state index contributed by atoms with van der Waals surface area (Å²) in [5.74, 6) is -0.143. The number of nitrogens with zero attached hydrogens (tertiary/aromatic N) is 1. The monoisotopic (exact) mass is 304 g/mol. The largest absolute Gasteiger partial charge is 0.383 e. The van der Waals surface area contributed by atoms with E-state index in [0.29, 0.717) is 26.0 Å². The number of aryl methyl sites for hydroxylation is 1. The predicted octanol–water partition coefficient (Wildman–Crippen LogP) is 1.67. The summed E-state index contributed by atoms with van der Waals surface area (Å²) in [6.07, 6.45) is 1.00. The van der Waals surface area contributed by atoms with Crippen molar-refractivity contribution in [2.45, 2.75) is 25.8 Å². The van der Waals surface area contributed by atoms with Crippen LogP contribution in [0.5, 0.6) is 0 Å². The topological polar surface area (TPSA) is 58.6 Å². The number of ether oxygens (including phenoxy) is 1. The van der Waals surface area contributed by atoms with Crippen LogP contribution < -0.4 is 5.32 Å². The van der Waals surface area contributed by atoms with Gasteiger partial charge in [0.1, 0.15) is 0 Å². The van der Waals surface area contributed by atoms with Crippen molar-refractivity contribution in [2.24, 2.45) is 5.92 Å². The highest BCUT2D eigenvalue weighted by molar-refractivity contribution is 5.84. The molecule has 22 heavy (non-hydrogen) atoms. The van der Waals surface area contributed by atoms with Gasteiger partial charge in [-0.1, -0.05) is 29.8 Å². The highest BCUT2D eigenvalue weighted by atomic mass is 16.5. The van der Waals surface area contributed by atoms with E-state index in [1.807, 2.05) is 31.2 Å². The molecule has 2 rings (SSSR count). The maximum atomic E-state index is 12.5. The Bertz CT molecular complexity index is 527. The molecule has 1 saturated heterocycles. The first-order valence-corrected chi connectivity index (χ1v) is 7.63. The first-order chi connectivity index (χ1) is 10.5. The Hall–Kier alpha value is -1.88. The van der Waals surface area contributed by atoms with E-state index in [9.17, 15) is 9.59 Å². The molecule has 0 saturated carbocycles. The number of nitrogens with one attached hydrogen (secondary N) is 1. The second-order valence-electron chi connectivity index (χ2n) is 5.79. The number of benzene rings is 1. The van der Waals surface area contributed by atoms with Crippen molar-refractivity contribution in [1.82, 2.24) is 10.2 Å². The van der Waals surface area contributed by atoms with Gasteiger partial charge in [-0.15, -0.1) is 0 Å². The molecule has 1 N–H and O–H groups in total. The van der Waals surface area contributed by atoms with Crippen molar-refractivity contribution in [1.29, 1.82) is 0 Å². The lowest BCUT2D eigenvalue weighted by Crippen LogP contribution is -2.46. The van der Waals surface area contributed by atoms with Crippen LogP contribution in [0.4, 0.5) is 0 Å². The Labute approximate surface area is 131 Å². The zero-order chi connectivity index (χ0) is 16.1. The average Bonchev–Trinajstić information content (AvgIpc) is 2.51. The number of carbonyl (C=O) groups excluding carboxylic acids is 2. The molecule has 2 amide bonds. The van der Waals surface area contributed by atoms with Crippen molar-refractivity contribution in [3.8, 4) is 0 Å². The van der Waals surface area contributed by atoms with Gasteiger partial charge in [0.15, 0.2) is 0 Å². The molecule has 1 fully saturated rings. The summed E-state index contributed by atoms with van der Waals surface area (Å²) >= 11 is 0. The number of piperidine rings is 1. The number of likely N-dealkylation sites (tertiary alicyclic amines) is 1. The maximum Gasteiger partial charge on any atom is 0.225 e. The van der Waals surface area contributed by atoms with Gasteiger partial charge in [0.25, 0.3) is 0 Å². The van der Waals surface area contributed by atoms with Gasteiger partial charge >= 0.3 is 0 Å². The molecule has 0 unspecified atom stereocenters. The fraction of sp³-hybridized carbons (Fsp3) is 0.529. The highest BCUT2D eigenvalue weighted by Gasteiger charge is 2.38. The highest BCUT2D eigenvalue weighted by Crippen LogP contribution is 2.35. The Balaban J connectivity index is 2.20. The van der Waals surface area contributed by atoms with Crippen LogP contribution in [0, 0.1) is 12.8 Å². The van der Waals surface area contributed by atoms with Crippen molar-refractivity contribution in [3.05, 3.63) is 35.4 Å². The number of carbonyl (C=O) groups is 2. The van der Waals surface area contributed by atoms with Gasteiger partial charge < -0.3 is 15.0 Å². The molecule has 1 heterocycles. The minimum atomic E-state index is -0.220. The maximum absolute atomic E-state index is 12.5. The molecule has 0 spiro atoms. The fourth-order valence-corrected chi connectivity index (χ4v) is 2.94. The van der Waals surface area contributed by atoms with Crippen molar-refractivity contribution >= 4 is 11.8 Å². The third kappa shape index (κ3) is 3.65. The molecule has 2 atom stereocenters. The number of amides is 2. The molecule has 5 nitrogen and oxygen atoms in total. The molecule has 0 aliphatic carbocycles. The lowest BCUT2D eigenvalue weighted by molar-refractivity contribution is -0.141. The molecule has 1 aliphatic rings. The molecule has 1 aromatic rings. The number of hydrogen-bond acceptors (Lipinski definition) is 3. The standard InChI is InChI=1S/C17H24N2O3/c1-12-4-6-13(7-5-12)16-14(8-9-15(20)19(16)2)17(21)18-10-11-22-3/h4-7,14,16H,8-11H2,1-3H3,(H,18,21)/t14-,16+/m0/s1. The van der Waals surface area contributed by atoms with Crippen molar-refractivity contribution in [3.63, 3.8) is 0 Å². The fourth-order valence-electron chi connectivity index (χ4n) is 2.94. The van der Waals surface area contributed by atoms with Crippen molar-refractivity contribution in [2.75, 3.05) is 27.3 Å². The number of rotatable bonds is 5. The van der Waals surface area contributed by atoms with Gasteiger partial charge in [0.05, 0.1) is 18.6 Å². The Morgan fingerprint density at radius 1 is 1.36 bits per heavy atom. The number of methoxy groups -OCH3 is 1. The van der Waals surface area contributed by atoms with Crippen LogP contribution in [0.15, 0.2) is 24.3 Å². The van der Waals surface area contributed by atoms with Gasteiger partial charge in [-0.25, -0.2) is 0 Å². The lowest BCUT2D eigenvalue weighted by atomic mass is 9.83. The SMILES string of the molecule is COCCNC(=O)[C@H]1CCC(=O)N(C)[C@@H]1c1ccc(C)cc1. The second kappa shape index (κ2) is 7.40. The van der Waals surface area contributed by atoms with Crippen LogP contribution in [-0.4, -0.2) is 44.0 Å². The van der Waals surface area contributed by atoms with E-state index in [4.69, 9.17) is 4.74 Å². The van der Waals surface area contributed by atoms with Crippen LogP contribution in [-0.2, 0) is 14.3 Å². The molecule has 1 aromatic carbocycles. The van der Waals surface area contributed by atoms with E-state index in [0.717, 1.165) is 11.1 Å². The van der Waals surface area contributed by atoms with E-state index in [2.05, 4.69) is 5.32 Å². The van der Waals surface area contributed by atoms with Crippen molar-refractivity contribution < 1.29 is 14.3 Å². The quantitative estimate of drug-likeness (QED) is 0.842. The molecular formula is C17H24N2O3. The predicted molar refractivity (Wildman–Crippen MR) is 84.3 cm³/mol. The van der Waals surface area contributed by atoms with Gasteiger partial charge in [0.2, 0.25) is 11.8 Å². The first-order valence-electron chi connectivity index (χ1n) is 7.63. The van der Waals surface area contributed by atoms with Gasteiger partial charge in [-0.3, -0.25) is 9.59 Å². The summed E-state index contributed by atoms with van der Waals surface area (Å²) in [7, 11) is 3.38. The first kappa shape index (κ1) is 16.5. The summed E-state index contributed by atoms with van der Waals surface area (Å²) in [5, 5.41) is 2.90. The normalized spacial score (nSPS) is 21.8. The summed E-state index contributed by atoms with van der Waals surface area (Å²) in [5.41, 5.74) is 2.17. The number of hydrogen-bond donors (Lipinski definition) is 1. The zero-order valence-corrected chi connectivity index (χ0v) is 13.5. The Kier molecular flexibility index (Phi) is 5.55. The van der Waals surface area contributed by atoms with Gasteiger partial charge in [-0.2, -0.15) is 0 Å². The minimum Gasteiger partial charge on any atom is -0.383 e. The third-order valence-corrected chi connectivity index (χ3v) is 4.22. The summed E-state index contributed by atoms with van der Waals surface area (Å²) in [6, 6.07) is 7.84. The lowest BCUT2D eigenvalue weighted by Gasteiger charge is -2.38. The van der Waals surface area contributed by atoms with Gasteiger partial charge in [-0.05, 0) is 18.9 Å². The second-order valence-corrected chi connectivity index (χ2v) is 5.79. The summed E-state index contributed by atoms with van der Waals surface area (Å²) < 4.78 is 4.96. The minimum absolute atomic E-state index is 0.0121. The van der Waals surface area contributed by atoms with E-state index in [1.54, 1.807) is 19.1 Å². The van der Waals surface area contributed by atoms with E-state index in [1.165, 1.54) is 0 Å². The van der Waals surface area contributed by atoms with Crippen LogP contribution in [0.2, 0.25) is 0 Å².